The van der Waals surface area contributed by atoms with Crippen molar-refractivity contribution in [3.05, 3.63) is 0 Å². The van der Waals surface area contributed by atoms with E-state index in [0.717, 1.165) is 50.5 Å². The summed E-state index contributed by atoms with van der Waals surface area (Å²) in [5, 5.41) is 0. The Morgan fingerprint density at radius 3 is 2.88 bits per heavy atom. The van der Waals surface area contributed by atoms with E-state index >= 15 is 0 Å². The molecular weight excluding hydrogens is 222 g/mol. The van der Waals surface area contributed by atoms with Crippen LogP contribution in [0.1, 0.15) is 19.3 Å². The molecule has 0 N–H and O–H groups in total. The zero-order valence-corrected chi connectivity index (χ0v) is 10.8. The molecular formula is C12H21NO2S. The van der Waals surface area contributed by atoms with Gasteiger partial charge in [0.2, 0.25) is 0 Å². The number of carbonyl (C=O) groups is 1. The average Bonchev–Trinajstić information content (AvgIpc) is 2.31. The zero-order valence-electron chi connectivity index (χ0n) is 9.98. The molecule has 0 bridgehead atoms. The maximum atomic E-state index is 12.2. The summed E-state index contributed by atoms with van der Waals surface area (Å²) in [6.07, 6.45) is 2.89. The Hall–Kier alpha value is -0.0600. The molecule has 1 unspecified atom stereocenters. The molecule has 2 rings (SSSR count). The van der Waals surface area contributed by atoms with Gasteiger partial charge < -0.3 is 4.74 Å². The van der Waals surface area contributed by atoms with Crippen molar-refractivity contribution in [2.75, 3.05) is 38.3 Å². The molecule has 0 saturated carbocycles. The monoisotopic (exact) mass is 243 g/mol. The summed E-state index contributed by atoms with van der Waals surface area (Å²) in [6, 6.07) is 0.168. The number of ketones is 1. The molecule has 0 aromatic heterocycles. The van der Waals surface area contributed by atoms with Gasteiger partial charge >= 0.3 is 0 Å². The van der Waals surface area contributed by atoms with Gasteiger partial charge in [-0.2, -0.15) is 11.8 Å². The summed E-state index contributed by atoms with van der Waals surface area (Å²) < 4.78 is 5.32. The molecule has 92 valence electrons. The summed E-state index contributed by atoms with van der Waals surface area (Å²) in [4.78, 5) is 14.4. The van der Waals surface area contributed by atoms with E-state index in [4.69, 9.17) is 4.74 Å². The fraction of sp³-hybridized carbons (Fsp3) is 0.917. The van der Waals surface area contributed by atoms with Gasteiger partial charge in [0.1, 0.15) is 0 Å². The second kappa shape index (κ2) is 6.03. The van der Waals surface area contributed by atoms with Crippen molar-refractivity contribution in [3.8, 4) is 0 Å². The van der Waals surface area contributed by atoms with Crippen molar-refractivity contribution in [1.29, 1.82) is 0 Å². The quantitative estimate of drug-likeness (QED) is 0.750. The molecule has 0 amide bonds. The minimum Gasteiger partial charge on any atom is -0.381 e. The van der Waals surface area contributed by atoms with E-state index in [-0.39, 0.29) is 6.04 Å². The smallest absolute Gasteiger partial charge is 0.151 e. The van der Waals surface area contributed by atoms with Crippen molar-refractivity contribution in [1.82, 2.24) is 4.90 Å². The molecule has 4 heteroatoms. The van der Waals surface area contributed by atoms with Crippen molar-refractivity contribution in [2.24, 2.45) is 5.92 Å². The van der Waals surface area contributed by atoms with Gasteiger partial charge in [-0.05, 0) is 25.8 Å². The Kier molecular flexibility index (Phi) is 4.67. The third-order valence-electron chi connectivity index (χ3n) is 3.60. The highest BCUT2D eigenvalue weighted by molar-refractivity contribution is 7.99. The number of hydrogen-bond donors (Lipinski definition) is 0. The lowest BCUT2D eigenvalue weighted by Gasteiger charge is -2.32. The highest BCUT2D eigenvalue weighted by Crippen LogP contribution is 2.23. The van der Waals surface area contributed by atoms with Crippen molar-refractivity contribution in [2.45, 2.75) is 25.3 Å². The standard InChI is InChI=1S/C12H21NO2S/c1-13-4-7-16-9-11(13)12(14)8-10-2-5-15-6-3-10/h10-11H,2-9H2,1H3. The van der Waals surface area contributed by atoms with Crippen LogP contribution in [0.2, 0.25) is 0 Å². The fourth-order valence-corrected chi connectivity index (χ4v) is 3.64. The predicted octanol–water partition coefficient (Wildman–Crippen LogP) is 1.42. The van der Waals surface area contributed by atoms with Gasteiger partial charge in [-0.1, -0.05) is 0 Å². The molecule has 1 atom stereocenters. The van der Waals surface area contributed by atoms with Crippen molar-refractivity contribution >= 4 is 17.5 Å². The normalized spacial score (nSPS) is 29.2. The van der Waals surface area contributed by atoms with Gasteiger partial charge in [-0.15, -0.1) is 0 Å². The largest absolute Gasteiger partial charge is 0.381 e. The van der Waals surface area contributed by atoms with Crippen molar-refractivity contribution < 1.29 is 9.53 Å². The zero-order chi connectivity index (χ0) is 11.4. The van der Waals surface area contributed by atoms with Gasteiger partial charge in [-0.25, -0.2) is 0 Å². The molecule has 0 aromatic carbocycles. The van der Waals surface area contributed by atoms with Gasteiger partial charge in [0.15, 0.2) is 5.78 Å². The molecule has 3 nitrogen and oxygen atoms in total. The topological polar surface area (TPSA) is 29.5 Å². The molecule has 2 aliphatic rings. The number of nitrogens with zero attached hydrogens (tertiary/aromatic N) is 1. The summed E-state index contributed by atoms with van der Waals surface area (Å²) in [5.74, 6) is 3.17. The van der Waals surface area contributed by atoms with Crippen LogP contribution in [-0.4, -0.2) is 55.0 Å². The lowest BCUT2D eigenvalue weighted by molar-refractivity contribution is -0.124. The summed E-state index contributed by atoms with van der Waals surface area (Å²) in [7, 11) is 2.08. The van der Waals surface area contributed by atoms with E-state index in [0.29, 0.717) is 11.7 Å². The Labute approximate surface area is 102 Å². The summed E-state index contributed by atoms with van der Waals surface area (Å²) in [6.45, 7) is 2.73. The number of thioether (sulfide) groups is 1. The second-order valence-corrected chi connectivity index (χ2v) is 5.95. The highest BCUT2D eigenvalue weighted by atomic mass is 32.2. The van der Waals surface area contributed by atoms with Crippen LogP contribution in [-0.2, 0) is 9.53 Å². The fourth-order valence-electron chi connectivity index (χ4n) is 2.40. The van der Waals surface area contributed by atoms with Crippen LogP contribution in [0.25, 0.3) is 0 Å². The lowest BCUT2D eigenvalue weighted by atomic mass is 9.92. The number of ether oxygens (including phenoxy) is 1. The first kappa shape index (κ1) is 12.4. The maximum Gasteiger partial charge on any atom is 0.151 e. The first-order valence-electron chi connectivity index (χ1n) is 6.16. The first-order chi connectivity index (χ1) is 7.77. The molecule has 0 aliphatic carbocycles. The van der Waals surface area contributed by atoms with Crippen LogP contribution >= 0.6 is 11.8 Å². The third kappa shape index (κ3) is 3.22. The van der Waals surface area contributed by atoms with E-state index in [1.807, 2.05) is 11.8 Å². The van der Waals surface area contributed by atoms with Gasteiger partial charge in [0.05, 0.1) is 6.04 Å². The molecule has 0 aromatic rings. The molecule has 0 radical (unpaired) electrons. The number of hydrogen-bond acceptors (Lipinski definition) is 4. The number of rotatable bonds is 3. The second-order valence-electron chi connectivity index (χ2n) is 4.80. The van der Waals surface area contributed by atoms with Crippen LogP contribution < -0.4 is 0 Å². The SMILES string of the molecule is CN1CCSCC1C(=O)CC1CCOCC1. The van der Waals surface area contributed by atoms with Crippen LogP contribution in [0.4, 0.5) is 0 Å². The van der Waals surface area contributed by atoms with E-state index in [1.165, 1.54) is 0 Å². The van der Waals surface area contributed by atoms with E-state index in [9.17, 15) is 4.79 Å². The molecule has 16 heavy (non-hydrogen) atoms. The highest BCUT2D eigenvalue weighted by Gasteiger charge is 2.28. The number of Topliss-reactive ketones (excluding diaryl/α,β-unsaturated/α-hetero) is 1. The molecule has 2 heterocycles. The van der Waals surface area contributed by atoms with E-state index < -0.39 is 0 Å². The maximum absolute atomic E-state index is 12.2. The molecule has 2 aliphatic heterocycles. The minimum atomic E-state index is 0.168. The third-order valence-corrected chi connectivity index (χ3v) is 4.62. The number of likely N-dealkylation sites (N-methyl/N-ethyl adjacent to an activating group) is 1. The summed E-state index contributed by atoms with van der Waals surface area (Å²) >= 11 is 1.91. The Morgan fingerprint density at radius 1 is 1.44 bits per heavy atom. The predicted molar refractivity (Wildman–Crippen MR) is 66.9 cm³/mol. The van der Waals surface area contributed by atoms with Gasteiger partial charge in [0.25, 0.3) is 0 Å². The van der Waals surface area contributed by atoms with Crippen LogP contribution in [0, 0.1) is 5.92 Å². The number of carbonyl (C=O) groups excluding carboxylic acids is 1. The molecule has 2 fully saturated rings. The van der Waals surface area contributed by atoms with Crippen LogP contribution in [0.3, 0.4) is 0 Å². The van der Waals surface area contributed by atoms with Crippen molar-refractivity contribution in [3.63, 3.8) is 0 Å². The van der Waals surface area contributed by atoms with E-state index in [2.05, 4.69) is 11.9 Å². The average molecular weight is 243 g/mol. The lowest BCUT2D eigenvalue weighted by Crippen LogP contribution is -2.45. The van der Waals surface area contributed by atoms with Gasteiger partial charge in [-0.3, -0.25) is 9.69 Å². The molecule has 2 saturated heterocycles. The Balaban J connectivity index is 1.81. The Bertz CT molecular complexity index is 241. The van der Waals surface area contributed by atoms with Gasteiger partial charge in [0, 0.05) is 37.7 Å². The Morgan fingerprint density at radius 2 is 2.19 bits per heavy atom. The van der Waals surface area contributed by atoms with Crippen LogP contribution in [0.15, 0.2) is 0 Å². The molecule has 0 spiro atoms. The first-order valence-corrected chi connectivity index (χ1v) is 7.31. The summed E-state index contributed by atoms with van der Waals surface area (Å²) in [5.41, 5.74) is 0. The minimum absolute atomic E-state index is 0.168. The van der Waals surface area contributed by atoms with Crippen LogP contribution in [0.5, 0.6) is 0 Å². The van der Waals surface area contributed by atoms with E-state index in [1.54, 1.807) is 0 Å².